The van der Waals surface area contributed by atoms with Crippen molar-refractivity contribution in [3.05, 3.63) is 17.8 Å². The number of aromatic nitrogens is 4. The van der Waals surface area contributed by atoms with Gasteiger partial charge in [0.25, 0.3) is 0 Å². The molecule has 1 saturated carbocycles. The fraction of sp³-hybridized carbons (Fsp3) is 0.667. The van der Waals surface area contributed by atoms with Gasteiger partial charge in [0, 0.05) is 13.0 Å². The van der Waals surface area contributed by atoms with Crippen molar-refractivity contribution < 1.29 is 14.2 Å². The molecular formula is C15H19ClN4O3. The summed E-state index contributed by atoms with van der Waals surface area (Å²) in [6.07, 6.45) is 4.04. The number of methoxy groups -OCH3 is 1. The second kappa shape index (κ2) is 5.37. The van der Waals surface area contributed by atoms with Crippen LogP contribution in [-0.4, -0.2) is 51.2 Å². The third kappa shape index (κ3) is 2.42. The van der Waals surface area contributed by atoms with Crippen LogP contribution < -0.4 is 0 Å². The topological polar surface area (TPSA) is 71.3 Å². The molecule has 4 rings (SSSR count). The number of hydrogen-bond acceptors (Lipinski definition) is 6. The van der Waals surface area contributed by atoms with Gasteiger partial charge in [-0.05, 0) is 20.3 Å². The van der Waals surface area contributed by atoms with Crippen LogP contribution in [0.25, 0.3) is 11.2 Å². The molecule has 8 heteroatoms. The van der Waals surface area contributed by atoms with E-state index in [0.29, 0.717) is 17.3 Å². The van der Waals surface area contributed by atoms with Crippen molar-refractivity contribution in [3.8, 4) is 0 Å². The predicted octanol–water partition coefficient (Wildman–Crippen LogP) is 2.21. The minimum Gasteiger partial charge on any atom is -0.384 e. The molecule has 1 aliphatic carbocycles. The second-order valence-electron chi connectivity index (χ2n) is 6.57. The van der Waals surface area contributed by atoms with Crippen LogP contribution in [-0.2, 0) is 14.2 Å². The van der Waals surface area contributed by atoms with Crippen molar-refractivity contribution >= 4 is 22.8 Å². The van der Waals surface area contributed by atoms with E-state index in [4.69, 9.17) is 25.8 Å². The molecule has 0 radical (unpaired) electrons. The average Bonchev–Trinajstić information content (AvgIpc) is 3.13. The van der Waals surface area contributed by atoms with Gasteiger partial charge in [-0.3, -0.25) is 0 Å². The van der Waals surface area contributed by atoms with Crippen LogP contribution in [0.4, 0.5) is 0 Å². The van der Waals surface area contributed by atoms with Gasteiger partial charge < -0.3 is 18.8 Å². The van der Waals surface area contributed by atoms with Gasteiger partial charge in [-0.25, -0.2) is 15.0 Å². The first kappa shape index (κ1) is 15.3. The Kier molecular flexibility index (Phi) is 3.57. The van der Waals surface area contributed by atoms with Crippen LogP contribution in [0.2, 0.25) is 5.15 Å². The van der Waals surface area contributed by atoms with E-state index in [9.17, 15) is 0 Å². The summed E-state index contributed by atoms with van der Waals surface area (Å²) in [6.45, 7) is 4.52. The largest absolute Gasteiger partial charge is 0.384 e. The van der Waals surface area contributed by atoms with Gasteiger partial charge in [0.05, 0.1) is 25.1 Å². The van der Waals surface area contributed by atoms with Crippen molar-refractivity contribution in [3.63, 3.8) is 0 Å². The zero-order valence-electron chi connectivity index (χ0n) is 13.3. The number of fused-ring (bicyclic) bond motifs is 2. The molecule has 3 heterocycles. The van der Waals surface area contributed by atoms with Crippen LogP contribution in [0.3, 0.4) is 0 Å². The molecule has 23 heavy (non-hydrogen) atoms. The lowest BCUT2D eigenvalue weighted by Gasteiger charge is -2.24. The van der Waals surface area contributed by atoms with Crippen LogP contribution in [0.1, 0.15) is 26.3 Å². The SMILES string of the molecule is COCC1CC(n2cnc3c(Cl)ncnc32)C2OC(C)(C)OC12. The molecule has 7 nitrogen and oxygen atoms in total. The summed E-state index contributed by atoms with van der Waals surface area (Å²) in [5.41, 5.74) is 1.33. The van der Waals surface area contributed by atoms with E-state index >= 15 is 0 Å². The van der Waals surface area contributed by atoms with Crippen molar-refractivity contribution in [2.75, 3.05) is 13.7 Å². The summed E-state index contributed by atoms with van der Waals surface area (Å²) < 4.78 is 19.7. The zero-order valence-corrected chi connectivity index (χ0v) is 14.0. The molecule has 0 N–H and O–H groups in total. The second-order valence-corrected chi connectivity index (χ2v) is 6.93. The van der Waals surface area contributed by atoms with Gasteiger partial charge in [0.1, 0.15) is 17.9 Å². The van der Waals surface area contributed by atoms with E-state index in [-0.39, 0.29) is 24.2 Å². The van der Waals surface area contributed by atoms with Crippen LogP contribution in [0.15, 0.2) is 12.7 Å². The molecule has 124 valence electrons. The van der Waals surface area contributed by atoms with E-state index < -0.39 is 5.79 Å². The maximum atomic E-state index is 6.16. The summed E-state index contributed by atoms with van der Waals surface area (Å²) in [7, 11) is 1.71. The first-order valence-electron chi connectivity index (χ1n) is 7.68. The minimum absolute atomic E-state index is 0.00436. The number of ether oxygens (including phenoxy) is 3. The molecule has 0 bridgehead atoms. The zero-order chi connectivity index (χ0) is 16.2. The van der Waals surface area contributed by atoms with E-state index in [1.54, 1.807) is 13.4 Å². The van der Waals surface area contributed by atoms with E-state index in [0.717, 1.165) is 12.1 Å². The first-order valence-corrected chi connectivity index (χ1v) is 8.05. The Morgan fingerprint density at radius 3 is 2.87 bits per heavy atom. The lowest BCUT2D eigenvalue weighted by atomic mass is 10.1. The number of halogens is 1. The van der Waals surface area contributed by atoms with Crippen molar-refractivity contribution in [2.24, 2.45) is 5.92 Å². The molecule has 2 fully saturated rings. The Balaban J connectivity index is 1.74. The highest BCUT2D eigenvalue weighted by atomic mass is 35.5. The maximum Gasteiger partial charge on any atom is 0.165 e. The Labute approximate surface area is 138 Å². The normalized spacial score (nSPS) is 32.5. The van der Waals surface area contributed by atoms with Gasteiger partial charge in [0.2, 0.25) is 0 Å². The lowest BCUT2D eigenvalue weighted by molar-refractivity contribution is -0.162. The Morgan fingerprint density at radius 2 is 2.09 bits per heavy atom. The molecule has 2 aromatic rings. The number of hydrogen-bond donors (Lipinski definition) is 0. The first-order chi connectivity index (χ1) is 11.0. The molecule has 4 unspecified atom stereocenters. The summed E-state index contributed by atoms with van der Waals surface area (Å²) in [6, 6.07) is 0.0814. The fourth-order valence-electron chi connectivity index (χ4n) is 3.77. The third-order valence-electron chi connectivity index (χ3n) is 4.60. The monoisotopic (exact) mass is 338 g/mol. The summed E-state index contributed by atoms with van der Waals surface area (Å²) >= 11 is 6.11. The molecule has 0 amide bonds. The average molecular weight is 339 g/mol. The van der Waals surface area contributed by atoms with Gasteiger partial charge in [-0.1, -0.05) is 11.6 Å². The summed E-state index contributed by atoms with van der Waals surface area (Å²) in [5.74, 6) is -0.324. The molecule has 0 aromatic carbocycles. The molecule has 2 aliphatic rings. The minimum atomic E-state index is -0.594. The summed E-state index contributed by atoms with van der Waals surface area (Å²) in [4.78, 5) is 12.7. The van der Waals surface area contributed by atoms with Gasteiger partial charge in [0.15, 0.2) is 16.6 Å². The summed E-state index contributed by atoms with van der Waals surface area (Å²) in [5, 5.41) is 0.362. The lowest BCUT2D eigenvalue weighted by Crippen LogP contribution is -2.28. The Hall–Kier alpha value is -1.28. The molecule has 1 aliphatic heterocycles. The van der Waals surface area contributed by atoms with Crippen molar-refractivity contribution in [2.45, 2.75) is 44.3 Å². The van der Waals surface area contributed by atoms with E-state index in [2.05, 4.69) is 15.0 Å². The van der Waals surface area contributed by atoms with Gasteiger partial charge in [-0.2, -0.15) is 0 Å². The molecule has 2 aromatic heterocycles. The van der Waals surface area contributed by atoms with Crippen LogP contribution >= 0.6 is 11.6 Å². The molecule has 1 saturated heterocycles. The molecule has 0 spiro atoms. The Morgan fingerprint density at radius 1 is 1.30 bits per heavy atom. The molecule has 4 atom stereocenters. The van der Waals surface area contributed by atoms with Gasteiger partial charge in [-0.15, -0.1) is 0 Å². The highest BCUT2D eigenvalue weighted by molar-refractivity contribution is 6.33. The quantitative estimate of drug-likeness (QED) is 0.799. The number of imidazole rings is 1. The van der Waals surface area contributed by atoms with Crippen molar-refractivity contribution in [1.29, 1.82) is 0 Å². The number of nitrogens with zero attached hydrogens (tertiary/aromatic N) is 4. The fourth-order valence-corrected chi connectivity index (χ4v) is 3.95. The van der Waals surface area contributed by atoms with Crippen molar-refractivity contribution in [1.82, 2.24) is 19.5 Å². The van der Waals surface area contributed by atoms with E-state index in [1.807, 2.05) is 18.4 Å². The van der Waals surface area contributed by atoms with Crippen LogP contribution in [0.5, 0.6) is 0 Å². The smallest absolute Gasteiger partial charge is 0.165 e. The Bertz CT molecular complexity index is 735. The standard InChI is InChI=1S/C15H19ClN4O3/c1-15(2)22-11-8(5-21-3)4-9(12(11)23-15)20-7-19-10-13(16)17-6-18-14(10)20/h6-9,11-12H,4-5H2,1-3H3. The predicted molar refractivity (Wildman–Crippen MR) is 83.2 cm³/mol. The number of rotatable bonds is 3. The maximum absolute atomic E-state index is 6.16. The molecular weight excluding hydrogens is 320 g/mol. The van der Waals surface area contributed by atoms with E-state index in [1.165, 1.54) is 6.33 Å². The highest BCUT2D eigenvalue weighted by Gasteiger charge is 2.54. The van der Waals surface area contributed by atoms with Crippen LogP contribution in [0, 0.1) is 5.92 Å². The highest BCUT2D eigenvalue weighted by Crippen LogP contribution is 2.47. The third-order valence-corrected chi connectivity index (χ3v) is 4.88. The van der Waals surface area contributed by atoms with Gasteiger partial charge >= 0.3 is 0 Å².